The van der Waals surface area contributed by atoms with Crippen molar-refractivity contribution < 1.29 is 9.13 Å². The molecular weight excluding hydrogens is 291 g/mol. The highest BCUT2D eigenvalue weighted by Gasteiger charge is 2.20. The third-order valence-electron chi connectivity index (χ3n) is 3.36. The van der Waals surface area contributed by atoms with Gasteiger partial charge in [0, 0.05) is 30.4 Å². The lowest BCUT2D eigenvalue weighted by Gasteiger charge is -2.10. The van der Waals surface area contributed by atoms with Crippen molar-refractivity contribution in [2.24, 2.45) is 0 Å². The predicted molar refractivity (Wildman–Crippen MR) is 80.3 cm³/mol. The van der Waals surface area contributed by atoms with Gasteiger partial charge in [-0.2, -0.15) is 0 Å². The lowest BCUT2D eigenvalue weighted by molar-refractivity contribution is 0.453. The maximum atomic E-state index is 13.4. The van der Waals surface area contributed by atoms with Crippen LogP contribution < -0.4 is 10.1 Å². The molecule has 1 aromatic carbocycles. The number of pyridine rings is 1. The number of aryl methyl sites for hydroxylation is 1. The Balaban J connectivity index is 1.70. The van der Waals surface area contributed by atoms with Crippen molar-refractivity contribution in [1.82, 2.24) is 10.3 Å². The lowest BCUT2D eigenvalue weighted by atomic mass is 10.2. The molecule has 1 aliphatic rings. The van der Waals surface area contributed by atoms with E-state index in [1.54, 1.807) is 12.3 Å². The van der Waals surface area contributed by atoms with Crippen molar-refractivity contribution in [2.75, 3.05) is 0 Å². The average molecular weight is 307 g/mol. The normalized spacial score (nSPS) is 14.2. The molecule has 0 unspecified atom stereocenters. The van der Waals surface area contributed by atoms with Gasteiger partial charge in [0.05, 0.1) is 5.02 Å². The third kappa shape index (κ3) is 3.71. The van der Waals surface area contributed by atoms with Crippen molar-refractivity contribution in [3.8, 4) is 11.6 Å². The van der Waals surface area contributed by atoms with E-state index in [-0.39, 0.29) is 5.02 Å². The molecule has 0 atom stereocenters. The second kappa shape index (κ2) is 6.00. The molecule has 0 bridgehead atoms. The fourth-order valence-corrected chi connectivity index (χ4v) is 2.14. The highest BCUT2D eigenvalue weighted by molar-refractivity contribution is 6.30. The first kappa shape index (κ1) is 14.3. The van der Waals surface area contributed by atoms with Crippen molar-refractivity contribution in [3.63, 3.8) is 0 Å². The van der Waals surface area contributed by atoms with Crippen LogP contribution in [0.2, 0.25) is 5.02 Å². The summed E-state index contributed by atoms with van der Waals surface area (Å²) in [6.07, 6.45) is 4.30. The maximum absolute atomic E-state index is 13.4. The first-order valence-electron chi connectivity index (χ1n) is 6.93. The molecule has 0 spiro atoms. The first-order valence-corrected chi connectivity index (χ1v) is 7.31. The fraction of sp³-hybridized carbons (Fsp3) is 0.312. The van der Waals surface area contributed by atoms with Crippen LogP contribution in [-0.4, -0.2) is 11.0 Å². The minimum absolute atomic E-state index is 0.0773. The van der Waals surface area contributed by atoms with E-state index in [4.69, 9.17) is 16.3 Å². The third-order valence-corrected chi connectivity index (χ3v) is 3.67. The molecule has 1 aromatic heterocycles. The highest BCUT2D eigenvalue weighted by atomic mass is 35.5. The van der Waals surface area contributed by atoms with E-state index in [0.29, 0.717) is 17.7 Å². The molecule has 0 aliphatic heterocycles. The van der Waals surface area contributed by atoms with E-state index in [9.17, 15) is 4.39 Å². The predicted octanol–water partition coefficient (Wildman–Crippen LogP) is 4.23. The van der Waals surface area contributed by atoms with Gasteiger partial charge < -0.3 is 10.1 Å². The Morgan fingerprint density at radius 3 is 2.86 bits per heavy atom. The van der Waals surface area contributed by atoms with Crippen molar-refractivity contribution >= 4 is 11.6 Å². The Labute approximate surface area is 128 Å². The molecule has 3 rings (SSSR count). The number of hydrogen-bond donors (Lipinski definition) is 1. The molecule has 1 saturated carbocycles. The summed E-state index contributed by atoms with van der Waals surface area (Å²) in [5, 5.41) is 3.52. The number of rotatable bonds is 5. The summed E-state index contributed by atoms with van der Waals surface area (Å²) >= 11 is 5.65. The first-order chi connectivity index (χ1) is 10.1. The SMILES string of the molecule is Cc1cc(CNC2CC2)cnc1Oc1ccc(Cl)c(F)c1. The quantitative estimate of drug-likeness (QED) is 0.897. The highest BCUT2D eigenvalue weighted by Crippen LogP contribution is 2.27. The Morgan fingerprint density at radius 2 is 2.19 bits per heavy atom. The lowest BCUT2D eigenvalue weighted by Crippen LogP contribution is -2.15. The second-order valence-corrected chi connectivity index (χ2v) is 5.71. The monoisotopic (exact) mass is 306 g/mol. The fourth-order valence-electron chi connectivity index (χ4n) is 2.03. The van der Waals surface area contributed by atoms with Crippen LogP contribution in [0.3, 0.4) is 0 Å². The minimum Gasteiger partial charge on any atom is -0.439 e. The van der Waals surface area contributed by atoms with Crippen molar-refractivity contribution in [2.45, 2.75) is 32.4 Å². The molecule has 1 aliphatic carbocycles. The van der Waals surface area contributed by atoms with E-state index in [0.717, 1.165) is 17.7 Å². The van der Waals surface area contributed by atoms with Gasteiger partial charge in [-0.3, -0.25) is 0 Å². The number of aromatic nitrogens is 1. The second-order valence-electron chi connectivity index (χ2n) is 5.30. The molecule has 110 valence electrons. The molecule has 21 heavy (non-hydrogen) atoms. The van der Waals surface area contributed by atoms with Gasteiger partial charge in [0.15, 0.2) is 0 Å². The molecule has 3 nitrogen and oxygen atoms in total. The summed E-state index contributed by atoms with van der Waals surface area (Å²) in [4.78, 5) is 4.31. The summed E-state index contributed by atoms with van der Waals surface area (Å²) in [5.74, 6) is 0.361. The molecular formula is C16H16ClFN2O. The molecule has 2 aromatic rings. The summed E-state index contributed by atoms with van der Waals surface area (Å²) in [6.45, 7) is 2.74. The Morgan fingerprint density at radius 1 is 1.38 bits per heavy atom. The van der Waals surface area contributed by atoms with E-state index in [1.165, 1.54) is 25.0 Å². The van der Waals surface area contributed by atoms with Gasteiger partial charge in [-0.25, -0.2) is 9.37 Å². The Hall–Kier alpha value is -1.65. The average Bonchev–Trinajstić information content (AvgIpc) is 3.27. The van der Waals surface area contributed by atoms with Crippen LogP contribution in [-0.2, 0) is 6.54 Å². The van der Waals surface area contributed by atoms with Gasteiger partial charge in [-0.15, -0.1) is 0 Å². The van der Waals surface area contributed by atoms with Gasteiger partial charge in [-0.05, 0) is 43.5 Å². The summed E-state index contributed by atoms with van der Waals surface area (Å²) in [6, 6.07) is 7.04. The van der Waals surface area contributed by atoms with Crippen LogP contribution in [0.25, 0.3) is 0 Å². The summed E-state index contributed by atoms with van der Waals surface area (Å²) in [7, 11) is 0. The Bertz CT molecular complexity index is 659. The van der Waals surface area contributed by atoms with E-state index in [1.807, 2.05) is 13.0 Å². The largest absolute Gasteiger partial charge is 0.439 e. The number of nitrogens with one attached hydrogen (secondary N) is 1. The molecule has 5 heteroatoms. The zero-order valence-corrected chi connectivity index (χ0v) is 12.5. The van der Waals surface area contributed by atoms with Crippen LogP contribution in [0.4, 0.5) is 4.39 Å². The Kier molecular flexibility index (Phi) is 4.08. The number of halogens is 2. The smallest absolute Gasteiger partial charge is 0.222 e. The molecule has 1 N–H and O–H groups in total. The molecule has 0 radical (unpaired) electrons. The molecule has 1 fully saturated rings. The number of hydrogen-bond acceptors (Lipinski definition) is 3. The van der Waals surface area contributed by atoms with Gasteiger partial charge >= 0.3 is 0 Å². The molecule has 1 heterocycles. The zero-order valence-electron chi connectivity index (χ0n) is 11.7. The van der Waals surface area contributed by atoms with Crippen LogP contribution in [0, 0.1) is 12.7 Å². The topological polar surface area (TPSA) is 34.2 Å². The van der Waals surface area contributed by atoms with Crippen LogP contribution in [0.15, 0.2) is 30.5 Å². The van der Waals surface area contributed by atoms with Gasteiger partial charge in [0.1, 0.15) is 11.6 Å². The summed E-state index contributed by atoms with van der Waals surface area (Å²) in [5.41, 5.74) is 2.04. The summed E-state index contributed by atoms with van der Waals surface area (Å²) < 4.78 is 19.0. The standard InChI is InChI=1S/C16H16ClFN2O/c1-10-6-11(8-19-12-2-3-12)9-20-16(10)21-13-4-5-14(17)15(18)7-13/h4-7,9,12,19H,2-3,8H2,1H3. The zero-order chi connectivity index (χ0) is 14.8. The van der Waals surface area contributed by atoms with Crippen molar-refractivity contribution in [3.05, 3.63) is 52.4 Å². The van der Waals surface area contributed by atoms with Gasteiger partial charge in [0.25, 0.3) is 0 Å². The van der Waals surface area contributed by atoms with E-state index >= 15 is 0 Å². The number of nitrogens with zero attached hydrogens (tertiary/aromatic N) is 1. The number of benzene rings is 1. The van der Waals surface area contributed by atoms with Gasteiger partial charge in [0.2, 0.25) is 5.88 Å². The van der Waals surface area contributed by atoms with Gasteiger partial charge in [-0.1, -0.05) is 11.6 Å². The maximum Gasteiger partial charge on any atom is 0.222 e. The number of ether oxygens (including phenoxy) is 1. The van der Waals surface area contributed by atoms with Crippen LogP contribution in [0.5, 0.6) is 11.6 Å². The van der Waals surface area contributed by atoms with Crippen molar-refractivity contribution in [1.29, 1.82) is 0 Å². The molecule has 0 amide bonds. The van der Waals surface area contributed by atoms with E-state index < -0.39 is 5.82 Å². The minimum atomic E-state index is -0.503. The van der Waals surface area contributed by atoms with E-state index in [2.05, 4.69) is 10.3 Å². The van der Waals surface area contributed by atoms with Crippen LogP contribution >= 0.6 is 11.6 Å². The molecule has 0 saturated heterocycles. The van der Waals surface area contributed by atoms with Crippen LogP contribution in [0.1, 0.15) is 24.0 Å².